The van der Waals surface area contributed by atoms with Crippen LogP contribution in [0.4, 0.5) is 11.6 Å². The summed E-state index contributed by atoms with van der Waals surface area (Å²) in [6, 6.07) is 17.6. The Kier molecular flexibility index (Phi) is 5.73. The molecule has 0 saturated carbocycles. The molecule has 0 atom stereocenters. The fourth-order valence-electron chi connectivity index (χ4n) is 2.62. The maximum Gasteiger partial charge on any atom is 0.264 e. The van der Waals surface area contributed by atoms with E-state index in [9.17, 15) is 4.79 Å². The number of aromatic nitrogens is 3. The predicted octanol–water partition coefficient (Wildman–Crippen LogP) is 3.38. The lowest BCUT2D eigenvalue weighted by molar-refractivity contribution is -0.113. The zero-order valence-corrected chi connectivity index (χ0v) is 16.8. The third-order valence-corrected chi connectivity index (χ3v) is 5.71. The minimum Gasteiger partial charge on any atom is -0.334 e. The van der Waals surface area contributed by atoms with Crippen molar-refractivity contribution in [1.82, 2.24) is 14.9 Å². The molecule has 1 amide bonds. The first-order chi connectivity index (χ1) is 14.2. The molecule has 0 bridgehead atoms. The number of rotatable bonds is 7. The van der Waals surface area contributed by atoms with Crippen molar-refractivity contribution in [3.05, 3.63) is 64.9 Å². The molecule has 0 saturated heterocycles. The highest BCUT2D eigenvalue weighted by atomic mass is 32.2. The molecule has 0 spiro atoms. The number of carbonyl (C=O) groups excluding carboxylic acids is 1. The van der Waals surface area contributed by atoms with Crippen LogP contribution in [-0.2, 0) is 4.79 Å². The van der Waals surface area contributed by atoms with Gasteiger partial charge in [-0.1, -0.05) is 54.2 Å². The van der Waals surface area contributed by atoms with Crippen LogP contribution in [0.15, 0.2) is 70.2 Å². The zero-order chi connectivity index (χ0) is 20.1. The van der Waals surface area contributed by atoms with Gasteiger partial charge in [0, 0.05) is 16.0 Å². The number of hydrazone groups is 1. The van der Waals surface area contributed by atoms with Gasteiger partial charge >= 0.3 is 0 Å². The molecular formula is C19H17N7OS2. The molecule has 4 aromatic rings. The molecule has 0 radical (unpaired) electrons. The Hall–Kier alpha value is -3.37. The number of thioether (sulfide) groups is 1. The molecule has 4 N–H and O–H groups in total. The quantitative estimate of drug-likeness (QED) is 0.182. The van der Waals surface area contributed by atoms with Crippen molar-refractivity contribution in [2.45, 2.75) is 5.16 Å². The SMILES string of the molecule is Nn1c(N/N=C/c2cccs2)nnc1SCC(=O)Nc1cccc2ccccc12. The third kappa shape index (κ3) is 4.55. The number of hydrogen-bond donors (Lipinski definition) is 3. The third-order valence-electron chi connectivity index (χ3n) is 3.96. The Bertz CT molecular complexity index is 1150. The number of nitrogen functional groups attached to an aromatic ring is 1. The normalized spacial score (nSPS) is 11.2. The summed E-state index contributed by atoms with van der Waals surface area (Å²) < 4.78 is 1.27. The number of fused-ring (bicyclic) bond motifs is 1. The van der Waals surface area contributed by atoms with Crippen molar-refractivity contribution in [3.63, 3.8) is 0 Å². The van der Waals surface area contributed by atoms with Gasteiger partial charge in [-0.3, -0.25) is 4.79 Å². The number of amides is 1. The summed E-state index contributed by atoms with van der Waals surface area (Å²) in [4.78, 5) is 13.4. The van der Waals surface area contributed by atoms with Crippen molar-refractivity contribution < 1.29 is 4.79 Å². The second kappa shape index (κ2) is 8.76. The Morgan fingerprint density at radius 2 is 2.03 bits per heavy atom. The van der Waals surface area contributed by atoms with E-state index in [0.717, 1.165) is 21.3 Å². The van der Waals surface area contributed by atoms with Crippen molar-refractivity contribution in [2.24, 2.45) is 5.10 Å². The Morgan fingerprint density at radius 1 is 1.17 bits per heavy atom. The van der Waals surface area contributed by atoms with E-state index in [0.29, 0.717) is 5.16 Å². The van der Waals surface area contributed by atoms with E-state index in [1.165, 1.54) is 16.4 Å². The average molecular weight is 424 g/mol. The Labute approximate surface area is 174 Å². The minimum atomic E-state index is -0.153. The van der Waals surface area contributed by atoms with Gasteiger partial charge < -0.3 is 11.2 Å². The van der Waals surface area contributed by atoms with Crippen LogP contribution in [0.5, 0.6) is 0 Å². The van der Waals surface area contributed by atoms with E-state index in [1.54, 1.807) is 17.6 Å². The average Bonchev–Trinajstić information content (AvgIpc) is 3.37. The number of carbonyl (C=O) groups is 1. The number of nitrogens with zero attached hydrogens (tertiary/aromatic N) is 4. The number of thiophene rings is 1. The van der Waals surface area contributed by atoms with Gasteiger partial charge in [0.05, 0.1) is 12.0 Å². The van der Waals surface area contributed by atoms with Gasteiger partial charge in [-0.15, -0.1) is 21.5 Å². The van der Waals surface area contributed by atoms with Crippen molar-refractivity contribution in [1.29, 1.82) is 0 Å². The zero-order valence-electron chi connectivity index (χ0n) is 15.1. The fourth-order valence-corrected chi connectivity index (χ4v) is 3.86. The standard InChI is InChI=1S/C19H17N7OS2/c20-26-18(23-21-11-14-7-4-10-28-14)24-25-19(26)29-12-17(27)22-16-9-3-6-13-5-1-2-8-15(13)16/h1-11H,12,20H2,(H,22,27)(H,23,24)/b21-11+. The van der Waals surface area contributed by atoms with Gasteiger partial charge in [-0.25, -0.2) is 10.1 Å². The molecule has 2 aromatic heterocycles. The molecule has 2 aromatic carbocycles. The van der Waals surface area contributed by atoms with Crippen molar-refractivity contribution in [3.8, 4) is 0 Å². The van der Waals surface area contributed by atoms with Crippen LogP contribution in [0, 0.1) is 0 Å². The molecular weight excluding hydrogens is 406 g/mol. The maximum absolute atomic E-state index is 12.4. The smallest absolute Gasteiger partial charge is 0.264 e. The van der Waals surface area contributed by atoms with Crippen LogP contribution in [0.1, 0.15) is 4.88 Å². The lowest BCUT2D eigenvalue weighted by Crippen LogP contribution is -2.17. The number of nitrogens with two attached hydrogens (primary N) is 1. The summed E-state index contributed by atoms with van der Waals surface area (Å²) in [7, 11) is 0. The lowest BCUT2D eigenvalue weighted by atomic mass is 10.1. The Balaban J connectivity index is 1.35. The van der Waals surface area contributed by atoms with Crippen molar-refractivity contribution >= 4 is 57.6 Å². The van der Waals surface area contributed by atoms with E-state index >= 15 is 0 Å². The maximum atomic E-state index is 12.4. The first-order valence-corrected chi connectivity index (χ1v) is 10.5. The topological polar surface area (TPSA) is 110 Å². The summed E-state index contributed by atoms with van der Waals surface area (Å²) in [6.07, 6.45) is 1.67. The first-order valence-electron chi connectivity index (χ1n) is 8.64. The van der Waals surface area contributed by atoms with E-state index in [1.807, 2.05) is 60.0 Å². The predicted molar refractivity (Wildman–Crippen MR) is 119 cm³/mol. The molecule has 0 unspecified atom stereocenters. The molecule has 4 rings (SSSR count). The summed E-state index contributed by atoms with van der Waals surface area (Å²) in [6.45, 7) is 0. The van der Waals surface area contributed by atoms with Crippen LogP contribution < -0.4 is 16.6 Å². The van der Waals surface area contributed by atoms with Gasteiger partial charge in [-0.2, -0.15) is 5.10 Å². The molecule has 0 aliphatic heterocycles. The first kappa shape index (κ1) is 19.0. The number of nitrogens with one attached hydrogen (secondary N) is 2. The minimum absolute atomic E-state index is 0.150. The second-order valence-corrected chi connectivity index (χ2v) is 7.85. The molecule has 10 heteroatoms. The summed E-state index contributed by atoms with van der Waals surface area (Å²) in [5.74, 6) is 6.26. The molecule has 8 nitrogen and oxygen atoms in total. The van der Waals surface area contributed by atoms with Gasteiger partial charge in [-0.05, 0) is 22.9 Å². The summed E-state index contributed by atoms with van der Waals surface area (Å²) >= 11 is 2.76. The highest BCUT2D eigenvalue weighted by Gasteiger charge is 2.12. The van der Waals surface area contributed by atoms with Crippen LogP contribution in [-0.4, -0.2) is 32.7 Å². The Morgan fingerprint density at radius 3 is 2.90 bits per heavy atom. The highest BCUT2D eigenvalue weighted by Crippen LogP contribution is 2.24. The van der Waals surface area contributed by atoms with Crippen LogP contribution >= 0.6 is 23.1 Å². The van der Waals surface area contributed by atoms with E-state index in [4.69, 9.17) is 5.84 Å². The molecule has 0 aliphatic carbocycles. The largest absolute Gasteiger partial charge is 0.334 e. The summed E-state index contributed by atoms with van der Waals surface area (Å²) in [5.41, 5.74) is 3.52. The number of anilines is 2. The molecule has 0 aliphatic rings. The summed E-state index contributed by atoms with van der Waals surface area (Å²) in [5, 5.41) is 19.4. The fraction of sp³-hybridized carbons (Fsp3) is 0.0526. The highest BCUT2D eigenvalue weighted by molar-refractivity contribution is 7.99. The van der Waals surface area contributed by atoms with E-state index < -0.39 is 0 Å². The molecule has 146 valence electrons. The second-order valence-electron chi connectivity index (χ2n) is 5.93. The van der Waals surface area contributed by atoms with E-state index in [-0.39, 0.29) is 17.6 Å². The number of benzene rings is 2. The van der Waals surface area contributed by atoms with E-state index in [2.05, 4.69) is 26.0 Å². The van der Waals surface area contributed by atoms with Gasteiger partial charge in [0.1, 0.15) is 0 Å². The van der Waals surface area contributed by atoms with Crippen molar-refractivity contribution in [2.75, 3.05) is 22.3 Å². The van der Waals surface area contributed by atoms with Gasteiger partial charge in [0.15, 0.2) is 0 Å². The van der Waals surface area contributed by atoms with Gasteiger partial charge in [0.25, 0.3) is 5.95 Å². The molecule has 29 heavy (non-hydrogen) atoms. The lowest BCUT2D eigenvalue weighted by Gasteiger charge is -2.08. The van der Waals surface area contributed by atoms with Crippen LogP contribution in [0.3, 0.4) is 0 Å². The van der Waals surface area contributed by atoms with Crippen LogP contribution in [0.2, 0.25) is 0 Å². The molecule has 2 heterocycles. The van der Waals surface area contributed by atoms with Gasteiger partial charge in [0.2, 0.25) is 11.1 Å². The number of hydrogen-bond acceptors (Lipinski definition) is 8. The monoisotopic (exact) mass is 423 g/mol. The van der Waals surface area contributed by atoms with Crippen LogP contribution in [0.25, 0.3) is 10.8 Å². The molecule has 0 fully saturated rings.